The van der Waals surface area contributed by atoms with Crippen LogP contribution < -0.4 is 0 Å². The summed E-state index contributed by atoms with van der Waals surface area (Å²) in [6, 6.07) is 5.31. The number of hydrogen-bond acceptors (Lipinski definition) is 5. The first kappa shape index (κ1) is 21.2. The van der Waals surface area contributed by atoms with Crippen molar-refractivity contribution in [1.29, 1.82) is 0 Å². The Bertz CT molecular complexity index is 1100. The van der Waals surface area contributed by atoms with E-state index in [0.717, 1.165) is 27.7 Å². The summed E-state index contributed by atoms with van der Waals surface area (Å²) in [5.41, 5.74) is 4.24. The summed E-state index contributed by atoms with van der Waals surface area (Å²) in [7, 11) is 4.48. The molecule has 0 radical (unpaired) electrons. The van der Waals surface area contributed by atoms with E-state index in [1.54, 1.807) is 21.4 Å². The van der Waals surface area contributed by atoms with Crippen LogP contribution in [-0.2, 0) is 33.7 Å². The van der Waals surface area contributed by atoms with Crippen molar-refractivity contribution in [2.45, 2.75) is 25.8 Å². The van der Waals surface area contributed by atoms with Crippen LogP contribution in [0.2, 0.25) is 5.02 Å². The fourth-order valence-electron chi connectivity index (χ4n) is 3.48. The van der Waals surface area contributed by atoms with Crippen LogP contribution in [0.1, 0.15) is 28.3 Å². The zero-order chi connectivity index (χ0) is 21.3. The summed E-state index contributed by atoms with van der Waals surface area (Å²) in [6.07, 6.45) is 0.112. The smallest absolute Gasteiger partial charge is 0.354 e. The summed E-state index contributed by atoms with van der Waals surface area (Å²) < 4.78 is 13.2. The second-order valence-electron chi connectivity index (χ2n) is 6.52. The molecule has 29 heavy (non-hydrogen) atoms. The number of benzene rings is 1. The molecule has 3 rings (SSSR count). The minimum atomic E-state index is -0.506. The molecule has 0 aliphatic rings. The minimum Gasteiger partial charge on any atom is -0.469 e. The lowest BCUT2D eigenvalue weighted by molar-refractivity contribution is -0.140. The van der Waals surface area contributed by atoms with Gasteiger partial charge in [-0.05, 0) is 25.1 Å². The molecule has 0 saturated carbocycles. The van der Waals surface area contributed by atoms with Gasteiger partial charge in [0.15, 0.2) is 0 Å². The molecule has 2 heterocycles. The predicted octanol–water partition coefficient (Wildman–Crippen LogP) is 4.09. The maximum absolute atomic E-state index is 12.4. The minimum absolute atomic E-state index is 0.112. The number of rotatable bonds is 6. The number of aryl methyl sites for hydroxylation is 2. The summed E-state index contributed by atoms with van der Waals surface area (Å²) in [5.74, 6) is -0.658. The number of alkyl halides is 1. The number of fused-ring (bicyclic) bond motifs is 1. The molecule has 0 N–H and O–H groups in total. The van der Waals surface area contributed by atoms with Crippen LogP contribution >= 0.6 is 23.2 Å². The van der Waals surface area contributed by atoms with Crippen LogP contribution in [-0.4, -0.2) is 40.5 Å². The quantitative estimate of drug-likeness (QED) is 0.428. The van der Waals surface area contributed by atoms with Gasteiger partial charge in [-0.3, -0.25) is 9.48 Å². The highest BCUT2D eigenvalue weighted by Crippen LogP contribution is 2.40. The van der Waals surface area contributed by atoms with Crippen LogP contribution in [0.3, 0.4) is 0 Å². The van der Waals surface area contributed by atoms with Crippen molar-refractivity contribution in [2.24, 2.45) is 7.05 Å². The maximum Gasteiger partial charge on any atom is 0.354 e. The number of halogens is 2. The van der Waals surface area contributed by atoms with E-state index >= 15 is 0 Å². The Morgan fingerprint density at radius 3 is 2.52 bits per heavy atom. The molecule has 0 amide bonds. The highest BCUT2D eigenvalue weighted by atomic mass is 35.5. The Balaban J connectivity index is 2.31. The van der Waals surface area contributed by atoms with E-state index in [2.05, 4.69) is 5.10 Å². The van der Waals surface area contributed by atoms with Gasteiger partial charge < -0.3 is 14.0 Å². The third kappa shape index (κ3) is 3.72. The van der Waals surface area contributed by atoms with Gasteiger partial charge in [0.1, 0.15) is 5.69 Å². The molecule has 0 saturated heterocycles. The van der Waals surface area contributed by atoms with Gasteiger partial charge in [-0.2, -0.15) is 5.10 Å². The Kier molecular flexibility index (Phi) is 6.19. The van der Waals surface area contributed by atoms with Gasteiger partial charge >= 0.3 is 11.9 Å². The van der Waals surface area contributed by atoms with Gasteiger partial charge in [0, 0.05) is 46.3 Å². The van der Waals surface area contributed by atoms with E-state index in [1.165, 1.54) is 14.2 Å². The van der Waals surface area contributed by atoms with Crippen molar-refractivity contribution in [2.75, 3.05) is 14.2 Å². The molecule has 7 nitrogen and oxygen atoms in total. The SMILES string of the molecule is COC(=O)CCn1c(C(=O)OC)cc2c(-c3c(CCl)nn(C)c3C)c(Cl)ccc21. The summed E-state index contributed by atoms with van der Waals surface area (Å²) in [4.78, 5) is 24.1. The van der Waals surface area contributed by atoms with E-state index in [4.69, 9.17) is 32.7 Å². The third-order valence-corrected chi connectivity index (χ3v) is 5.55. The molecule has 3 aromatic rings. The standard InChI is InChI=1S/C20H21Cl2N3O4/c1-11-18(14(10-21)23-24(11)2)19-12-9-16(20(27)29-4)25(8-7-17(26)28-3)15(12)6-5-13(19)22/h5-6,9H,7-8,10H2,1-4H3. The van der Waals surface area contributed by atoms with Crippen molar-refractivity contribution >= 4 is 46.0 Å². The van der Waals surface area contributed by atoms with Crippen molar-refractivity contribution in [3.05, 3.63) is 40.3 Å². The molecule has 0 bridgehead atoms. The van der Waals surface area contributed by atoms with Crippen LogP contribution in [0.5, 0.6) is 0 Å². The topological polar surface area (TPSA) is 75.3 Å². The molecule has 2 aromatic heterocycles. The number of nitrogens with zero attached hydrogens (tertiary/aromatic N) is 3. The first-order chi connectivity index (χ1) is 13.8. The highest BCUT2D eigenvalue weighted by molar-refractivity contribution is 6.35. The normalized spacial score (nSPS) is 11.1. The molecular formula is C20H21Cl2N3O4. The molecular weight excluding hydrogens is 417 g/mol. The first-order valence-corrected chi connectivity index (χ1v) is 9.80. The zero-order valence-electron chi connectivity index (χ0n) is 16.6. The van der Waals surface area contributed by atoms with Crippen molar-refractivity contribution < 1.29 is 19.1 Å². The monoisotopic (exact) mass is 437 g/mol. The van der Waals surface area contributed by atoms with E-state index in [0.29, 0.717) is 16.4 Å². The number of aromatic nitrogens is 3. The summed E-state index contributed by atoms with van der Waals surface area (Å²) >= 11 is 12.7. The second kappa shape index (κ2) is 8.47. The lowest BCUT2D eigenvalue weighted by atomic mass is 9.99. The molecule has 0 atom stereocenters. The molecule has 9 heteroatoms. The predicted molar refractivity (Wildman–Crippen MR) is 111 cm³/mol. The summed E-state index contributed by atoms with van der Waals surface area (Å²) in [5, 5.41) is 5.74. The Morgan fingerprint density at radius 1 is 1.17 bits per heavy atom. The third-order valence-electron chi connectivity index (χ3n) is 4.98. The van der Waals surface area contributed by atoms with Gasteiger partial charge in [-0.1, -0.05) is 11.6 Å². The van der Waals surface area contributed by atoms with Crippen LogP contribution in [0, 0.1) is 6.92 Å². The molecule has 0 unspecified atom stereocenters. The van der Waals surface area contributed by atoms with E-state index in [1.807, 2.05) is 20.0 Å². The molecule has 0 fully saturated rings. The van der Waals surface area contributed by atoms with E-state index in [9.17, 15) is 9.59 Å². The van der Waals surface area contributed by atoms with Crippen molar-refractivity contribution in [1.82, 2.24) is 14.3 Å². The van der Waals surface area contributed by atoms with Gasteiger partial charge in [0.25, 0.3) is 0 Å². The lowest BCUT2D eigenvalue weighted by Crippen LogP contribution is -2.13. The molecule has 0 spiro atoms. The Hall–Kier alpha value is -2.51. The Morgan fingerprint density at radius 2 is 1.90 bits per heavy atom. The number of hydrogen-bond donors (Lipinski definition) is 0. The molecule has 1 aromatic carbocycles. The Labute approximate surface area is 178 Å². The van der Waals surface area contributed by atoms with E-state index in [-0.39, 0.29) is 24.8 Å². The van der Waals surface area contributed by atoms with Crippen LogP contribution in [0.25, 0.3) is 22.0 Å². The van der Waals surface area contributed by atoms with Gasteiger partial charge in [0.05, 0.1) is 32.2 Å². The number of carbonyl (C=O) groups is 2. The average Bonchev–Trinajstić information content (AvgIpc) is 3.23. The van der Waals surface area contributed by atoms with Crippen molar-refractivity contribution in [3.8, 4) is 11.1 Å². The second-order valence-corrected chi connectivity index (χ2v) is 7.19. The van der Waals surface area contributed by atoms with Crippen LogP contribution in [0.4, 0.5) is 0 Å². The number of ether oxygens (including phenoxy) is 2. The maximum atomic E-state index is 12.4. The van der Waals surface area contributed by atoms with Crippen molar-refractivity contribution in [3.63, 3.8) is 0 Å². The number of esters is 2. The first-order valence-electron chi connectivity index (χ1n) is 8.89. The highest BCUT2D eigenvalue weighted by Gasteiger charge is 2.24. The van der Waals surface area contributed by atoms with Gasteiger partial charge in [-0.15, -0.1) is 11.6 Å². The largest absolute Gasteiger partial charge is 0.469 e. The molecule has 0 aliphatic heterocycles. The average molecular weight is 438 g/mol. The lowest BCUT2D eigenvalue weighted by Gasteiger charge is -2.11. The number of methoxy groups -OCH3 is 2. The van der Waals surface area contributed by atoms with Crippen LogP contribution in [0.15, 0.2) is 18.2 Å². The van der Waals surface area contributed by atoms with E-state index < -0.39 is 5.97 Å². The summed E-state index contributed by atoms with van der Waals surface area (Å²) in [6.45, 7) is 2.19. The zero-order valence-corrected chi connectivity index (χ0v) is 18.1. The fourth-order valence-corrected chi connectivity index (χ4v) is 3.92. The number of carbonyl (C=O) groups excluding carboxylic acids is 2. The molecule has 154 valence electrons. The van der Waals surface area contributed by atoms with Gasteiger partial charge in [0.2, 0.25) is 0 Å². The molecule has 0 aliphatic carbocycles. The fraction of sp³-hybridized carbons (Fsp3) is 0.350. The van der Waals surface area contributed by atoms with Gasteiger partial charge in [-0.25, -0.2) is 4.79 Å².